The van der Waals surface area contributed by atoms with Crippen molar-refractivity contribution in [2.45, 2.75) is 39.7 Å². The molecule has 0 radical (unpaired) electrons. The largest absolute Gasteiger partial charge is 0.488 e. The number of nitrogens with zero attached hydrogens (tertiary/aromatic N) is 1. The number of carbonyl (C=O) groups is 2. The van der Waals surface area contributed by atoms with Crippen molar-refractivity contribution in [2.24, 2.45) is 5.92 Å². The highest BCUT2D eigenvalue weighted by molar-refractivity contribution is 7.11. The number of aryl methyl sites for hydroxylation is 2. The van der Waals surface area contributed by atoms with Crippen LogP contribution in [0, 0.1) is 19.8 Å². The van der Waals surface area contributed by atoms with Crippen LogP contribution in [0.15, 0.2) is 28.8 Å². The molecule has 1 saturated carbocycles. The van der Waals surface area contributed by atoms with E-state index in [1.54, 1.807) is 25.3 Å². The molecule has 8 heteroatoms. The number of benzene rings is 1. The lowest BCUT2D eigenvalue weighted by Gasteiger charge is -2.19. The van der Waals surface area contributed by atoms with E-state index in [1.807, 2.05) is 31.3 Å². The second-order valence-corrected chi connectivity index (χ2v) is 8.19. The maximum atomic E-state index is 12.0. The fraction of sp³-hybridized carbons (Fsp3) is 0.381. The molecule has 1 fully saturated rings. The number of carboxylic acids is 1. The Balaban J connectivity index is 0.000000290. The van der Waals surface area contributed by atoms with E-state index in [2.05, 4.69) is 10.3 Å². The molecule has 1 aliphatic carbocycles. The highest BCUT2D eigenvalue weighted by atomic mass is 32.1. The van der Waals surface area contributed by atoms with Crippen LogP contribution < -0.4 is 10.1 Å². The van der Waals surface area contributed by atoms with Crippen LogP contribution >= 0.6 is 11.3 Å². The lowest BCUT2D eigenvalue weighted by Crippen LogP contribution is -2.20. The van der Waals surface area contributed by atoms with Crippen molar-refractivity contribution in [2.75, 3.05) is 7.05 Å². The molecule has 7 nitrogen and oxygen atoms in total. The third-order valence-corrected chi connectivity index (χ3v) is 5.68. The molecule has 154 valence electrons. The zero-order valence-electron chi connectivity index (χ0n) is 16.7. The van der Waals surface area contributed by atoms with Crippen molar-refractivity contribution in [3.05, 3.63) is 45.6 Å². The van der Waals surface area contributed by atoms with Crippen molar-refractivity contribution >= 4 is 34.2 Å². The van der Waals surface area contributed by atoms with Gasteiger partial charge >= 0.3 is 5.97 Å². The molecule has 1 aromatic carbocycles. The fourth-order valence-corrected chi connectivity index (χ4v) is 3.69. The first-order valence-corrected chi connectivity index (χ1v) is 10.2. The van der Waals surface area contributed by atoms with E-state index in [9.17, 15) is 9.59 Å². The Hall–Kier alpha value is -2.87. The molecule has 2 aromatic heterocycles. The van der Waals surface area contributed by atoms with Gasteiger partial charge in [0.25, 0.3) is 5.91 Å². The number of hydrogen-bond acceptors (Lipinski definition) is 6. The third kappa shape index (κ3) is 4.95. The van der Waals surface area contributed by atoms with Gasteiger partial charge in [-0.05, 0) is 44.9 Å². The molecular weight excluding hydrogens is 392 g/mol. The van der Waals surface area contributed by atoms with Gasteiger partial charge in [0.05, 0.1) is 21.4 Å². The number of nitrogens with one attached hydrogen (secondary N) is 1. The topological polar surface area (TPSA) is 102 Å². The van der Waals surface area contributed by atoms with Crippen molar-refractivity contribution in [1.29, 1.82) is 0 Å². The minimum Gasteiger partial charge on any atom is -0.488 e. The van der Waals surface area contributed by atoms with E-state index in [0.29, 0.717) is 29.3 Å². The Kier molecular flexibility index (Phi) is 6.53. The van der Waals surface area contributed by atoms with E-state index in [-0.39, 0.29) is 11.8 Å². The number of rotatable bonds is 5. The van der Waals surface area contributed by atoms with Crippen molar-refractivity contribution in [3.63, 3.8) is 0 Å². The van der Waals surface area contributed by atoms with Crippen LogP contribution in [0.4, 0.5) is 0 Å². The molecule has 1 aliphatic rings. The van der Waals surface area contributed by atoms with Crippen LogP contribution in [0.2, 0.25) is 0 Å². The van der Waals surface area contributed by atoms with Gasteiger partial charge in [0, 0.05) is 18.6 Å². The molecule has 0 spiro atoms. The molecule has 0 atom stereocenters. The summed E-state index contributed by atoms with van der Waals surface area (Å²) in [5.74, 6) is 0.520. The van der Waals surface area contributed by atoms with E-state index in [4.69, 9.17) is 14.3 Å². The maximum Gasteiger partial charge on any atom is 0.306 e. The highest BCUT2D eigenvalue weighted by Gasteiger charge is 2.23. The van der Waals surface area contributed by atoms with Gasteiger partial charge in [-0.15, -0.1) is 11.3 Å². The monoisotopic (exact) mass is 416 g/mol. The Bertz CT molecular complexity index is 1020. The molecule has 2 N–H and O–H groups in total. The van der Waals surface area contributed by atoms with Gasteiger partial charge in [-0.1, -0.05) is 6.42 Å². The summed E-state index contributed by atoms with van der Waals surface area (Å²) < 4.78 is 11.4. The number of carboxylic acid groups (broad SMARTS) is 1. The maximum absolute atomic E-state index is 12.0. The Morgan fingerprint density at radius 3 is 2.62 bits per heavy atom. The number of carbonyl (C=O) groups excluding carboxylic acids is 1. The Labute approximate surface area is 172 Å². The molecule has 0 bridgehead atoms. The van der Waals surface area contributed by atoms with Crippen LogP contribution in [0.3, 0.4) is 0 Å². The number of thiazole rings is 1. The SMILES string of the molecule is CNC(=O)c1c(C)oc2ccc(OCc3cnc(C)s3)cc12.O=C(O)C1CCC1. The van der Waals surface area contributed by atoms with Gasteiger partial charge < -0.3 is 19.6 Å². The summed E-state index contributed by atoms with van der Waals surface area (Å²) in [6.07, 6.45) is 4.72. The first-order valence-electron chi connectivity index (χ1n) is 9.41. The molecule has 0 saturated heterocycles. The second kappa shape index (κ2) is 9.09. The second-order valence-electron chi connectivity index (χ2n) is 6.87. The smallest absolute Gasteiger partial charge is 0.306 e. The quantitative estimate of drug-likeness (QED) is 0.642. The van der Waals surface area contributed by atoms with E-state index in [1.165, 1.54) is 0 Å². The summed E-state index contributed by atoms with van der Waals surface area (Å²) in [7, 11) is 1.60. The number of hydrogen-bond donors (Lipinski definition) is 2. The predicted molar refractivity (Wildman–Crippen MR) is 111 cm³/mol. The number of amides is 1. The van der Waals surface area contributed by atoms with Gasteiger partial charge in [0.15, 0.2) is 0 Å². The summed E-state index contributed by atoms with van der Waals surface area (Å²) in [6, 6.07) is 5.50. The van der Waals surface area contributed by atoms with Gasteiger partial charge in [0.1, 0.15) is 23.7 Å². The van der Waals surface area contributed by atoms with E-state index in [0.717, 1.165) is 34.5 Å². The normalized spacial score (nSPS) is 13.3. The highest BCUT2D eigenvalue weighted by Crippen LogP contribution is 2.29. The van der Waals surface area contributed by atoms with Crippen LogP contribution in [0.5, 0.6) is 5.75 Å². The minimum atomic E-state index is -0.619. The fourth-order valence-electron chi connectivity index (χ4n) is 2.98. The lowest BCUT2D eigenvalue weighted by atomic mass is 9.86. The molecule has 29 heavy (non-hydrogen) atoms. The van der Waals surface area contributed by atoms with E-state index >= 15 is 0 Å². The van der Waals surface area contributed by atoms with Crippen molar-refractivity contribution in [3.8, 4) is 5.75 Å². The zero-order chi connectivity index (χ0) is 21.0. The van der Waals surface area contributed by atoms with E-state index < -0.39 is 5.97 Å². The number of furan rings is 1. The third-order valence-electron chi connectivity index (χ3n) is 4.79. The number of aromatic nitrogens is 1. The number of ether oxygens (including phenoxy) is 1. The van der Waals surface area contributed by atoms with Gasteiger partial charge in [0.2, 0.25) is 0 Å². The first-order chi connectivity index (χ1) is 13.9. The summed E-state index contributed by atoms with van der Waals surface area (Å²) >= 11 is 1.61. The molecule has 4 rings (SSSR count). The molecule has 0 unspecified atom stereocenters. The summed E-state index contributed by atoms with van der Waals surface area (Å²) in [5.41, 5.74) is 1.23. The standard InChI is InChI=1S/C16H16N2O3S.C5H8O2/c1-9-15(16(19)17-3)13-6-11(4-5-14(13)21-9)20-8-12-7-18-10(2)22-12;6-5(7)4-2-1-3-4/h4-7H,8H2,1-3H3,(H,17,19);4H,1-3H2,(H,6,7). The number of aliphatic carboxylic acids is 1. The molecular formula is C21H24N2O5S. The number of fused-ring (bicyclic) bond motifs is 1. The van der Waals surface area contributed by atoms with Crippen LogP contribution in [-0.4, -0.2) is 29.0 Å². The van der Waals surface area contributed by atoms with Crippen molar-refractivity contribution in [1.82, 2.24) is 10.3 Å². The van der Waals surface area contributed by atoms with Gasteiger partial charge in [-0.25, -0.2) is 4.98 Å². The Morgan fingerprint density at radius 2 is 2.10 bits per heavy atom. The minimum absolute atomic E-state index is 0.000000000000000444. The van der Waals surface area contributed by atoms with Gasteiger partial charge in [-0.2, -0.15) is 0 Å². The molecule has 0 aliphatic heterocycles. The van der Waals surface area contributed by atoms with Crippen LogP contribution in [0.1, 0.15) is 45.3 Å². The van der Waals surface area contributed by atoms with Crippen LogP contribution in [0.25, 0.3) is 11.0 Å². The first kappa shape index (κ1) is 20.9. The van der Waals surface area contributed by atoms with Crippen LogP contribution in [-0.2, 0) is 11.4 Å². The molecule has 1 amide bonds. The lowest BCUT2D eigenvalue weighted by molar-refractivity contribution is -0.144. The molecule has 2 heterocycles. The zero-order valence-corrected chi connectivity index (χ0v) is 17.5. The summed E-state index contributed by atoms with van der Waals surface area (Å²) in [6.45, 7) is 4.21. The summed E-state index contributed by atoms with van der Waals surface area (Å²) in [5, 5.41) is 12.6. The summed E-state index contributed by atoms with van der Waals surface area (Å²) in [4.78, 5) is 27.2. The van der Waals surface area contributed by atoms with Crippen molar-refractivity contribution < 1.29 is 23.8 Å². The van der Waals surface area contributed by atoms with Gasteiger partial charge in [-0.3, -0.25) is 9.59 Å². The molecule has 3 aromatic rings. The predicted octanol–water partition coefficient (Wildman–Crippen LogP) is 4.32. The average Bonchev–Trinajstić information content (AvgIpc) is 3.19. The average molecular weight is 416 g/mol. The Morgan fingerprint density at radius 1 is 1.34 bits per heavy atom.